The number of ether oxygens (including phenoxy) is 1. The van der Waals surface area contributed by atoms with Gasteiger partial charge in [-0.05, 0) is 12.1 Å². The molecule has 2 amide bonds. The summed E-state index contributed by atoms with van der Waals surface area (Å²) in [5, 5.41) is 5.34. The zero-order valence-electron chi connectivity index (χ0n) is 12.1. The fourth-order valence-electron chi connectivity index (χ4n) is 2.09. The number of thioether (sulfide) groups is 1. The highest BCUT2D eigenvalue weighted by Crippen LogP contribution is 2.31. The molecule has 5 nitrogen and oxygen atoms in total. The Hall–Kier alpha value is -1.38. The van der Waals surface area contributed by atoms with Crippen LogP contribution in [0, 0.1) is 0 Å². The summed E-state index contributed by atoms with van der Waals surface area (Å²) >= 11 is 0.416. The zero-order chi connectivity index (χ0) is 15.8. The number of nitrogens with one attached hydrogen (secondary N) is 2. The van der Waals surface area contributed by atoms with Gasteiger partial charge in [-0.15, -0.1) is 0 Å². The Morgan fingerprint density at radius 3 is 2.77 bits per heavy atom. The molecule has 0 unspecified atom stereocenters. The molecule has 8 heteroatoms. The van der Waals surface area contributed by atoms with Gasteiger partial charge in [0.2, 0.25) is 0 Å². The Morgan fingerprint density at radius 2 is 2.05 bits per heavy atom. The molecule has 0 spiro atoms. The van der Waals surface area contributed by atoms with E-state index in [0.717, 1.165) is 19.6 Å². The van der Waals surface area contributed by atoms with E-state index in [1.165, 1.54) is 0 Å². The molecule has 1 aromatic carbocycles. The maximum Gasteiger partial charge on any atom is 0.319 e. The summed E-state index contributed by atoms with van der Waals surface area (Å²) in [5.74, 6) is -2.52. The van der Waals surface area contributed by atoms with Gasteiger partial charge >= 0.3 is 6.03 Å². The monoisotopic (exact) mass is 331 g/mol. The lowest BCUT2D eigenvalue weighted by atomic mass is 10.3. The number of alkyl halides is 2. The van der Waals surface area contributed by atoms with E-state index in [4.69, 9.17) is 4.74 Å². The topological polar surface area (TPSA) is 53.6 Å². The first-order chi connectivity index (χ1) is 10.6. The van der Waals surface area contributed by atoms with Crippen molar-refractivity contribution in [1.82, 2.24) is 10.2 Å². The lowest BCUT2D eigenvalue weighted by molar-refractivity contribution is 0.0388. The van der Waals surface area contributed by atoms with Crippen LogP contribution in [-0.4, -0.2) is 56.1 Å². The molecule has 22 heavy (non-hydrogen) atoms. The Kier molecular flexibility index (Phi) is 6.88. The van der Waals surface area contributed by atoms with Crippen molar-refractivity contribution in [1.29, 1.82) is 0 Å². The number of hydrogen-bond donors (Lipinski definition) is 2. The van der Waals surface area contributed by atoms with Crippen LogP contribution in [0.25, 0.3) is 0 Å². The summed E-state index contributed by atoms with van der Waals surface area (Å²) in [4.78, 5) is 14.4. The van der Waals surface area contributed by atoms with Crippen LogP contribution >= 0.6 is 11.8 Å². The van der Waals surface area contributed by atoms with E-state index < -0.39 is 11.8 Å². The summed E-state index contributed by atoms with van der Waals surface area (Å²) in [5.41, 5.74) is 0.386. The number of nitrogens with zero attached hydrogens (tertiary/aromatic N) is 1. The fraction of sp³-hybridized carbons (Fsp3) is 0.500. The molecule has 1 aromatic rings. The molecule has 2 rings (SSSR count). The number of amides is 2. The minimum Gasteiger partial charge on any atom is -0.379 e. The molecule has 1 heterocycles. The van der Waals surface area contributed by atoms with E-state index >= 15 is 0 Å². The van der Waals surface area contributed by atoms with Crippen LogP contribution in [0.15, 0.2) is 29.2 Å². The molecule has 0 aliphatic carbocycles. The number of urea groups is 1. The standard InChI is InChI=1S/C14H19F2N3O2S/c15-13(16)22-12-4-2-1-3-11(12)18-14(20)17-5-6-19-7-9-21-10-8-19/h1-4,13H,5-10H2,(H2,17,18,20). The largest absolute Gasteiger partial charge is 0.379 e. The number of morpholine rings is 1. The summed E-state index contributed by atoms with van der Waals surface area (Å²) in [6, 6.07) is 6.12. The normalized spacial score (nSPS) is 15.8. The summed E-state index contributed by atoms with van der Waals surface area (Å²) in [6.45, 7) is 4.38. The average Bonchev–Trinajstić information content (AvgIpc) is 2.50. The molecular weight excluding hydrogens is 312 g/mol. The number of anilines is 1. The van der Waals surface area contributed by atoms with Crippen molar-refractivity contribution in [3.8, 4) is 0 Å². The highest BCUT2D eigenvalue weighted by Gasteiger charge is 2.12. The number of benzene rings is 1. The maximum atomic E-state index is 12.5. The number of rotatable bonds is 6. The van der Waals surface area contributed by atoms with Gasteiger partial charge in [0, 0.05) is 31.1 Å². The van der Waals surface area contributed by atoms with Crippen LogP contribution in [0.2, 0.25) is 0 Å². The third-order valence-corrected chi connectivity index (χ3v) is 3.96. The second kappa shape index (κ2) is 8.92. The van der Waals surface area contributed by atoms with Crippen molar-refractivity contribution in [2.75, 3.05) is 44.7 Å². The average molecular weight is 331 g/mol. The Labute approximate surface area is 132 Å². The van der Waals surface area contributed by atoms with Gasteiger partial charge < -0.3 is 15.4 Å². The van der Waals surface area contributed by atoms with Crippen LogP contribution in [-0.2, 0) is 4.74 Å². The van der Waals surface area contributed by atoms with Crippen molar-refractivity contribution in [2.24, 2.45) is 0 Å². The van der Waals surface area contributed by atoms with Crippen molar-refractivity contribution in [2.45, 2.75) is 10.7 Å². The summed E-state index contributed by atoms with van der Waals surface area (Å²) < 4.78 is 30.2. The third kappa shape index (κ3) is 5.78. The molecule has 1 saturated heterocycles. The number of hydrogen-bond acceptors (Lipinski definition) is 4. The van der Waals surface area contributed by atoms with Gasteiger partial charge in [-0.1, -0.05) is 23.9 Å². The van der Waals surface area contributed by atoms with Gasteiger partial charge in [0.1, 0.15) is 0 Å². The molecule has 0 saturated carbocycles. The SMILES string of the molecule is O=C(NCCN1CCOCC1)Nc1ccccc1SC(F)F. The van der Waals surface area contributed by atoms with Crippen LogP contribution in [0.1, 0.15) is 0 Å². The summed E-state index contributed by atoms with van der Waals surface area (Å²) in [6.07, 6.45) is 0. The smallest absolute Gasteiger partial charge is 0.319 e. The highest BCUT2D eigenvalue weighted by atomic mass is 32.2. The summed E-state index contributed by atoms with van der Waals surface area (Å²) in [7, 11) is 0. The van der Waals surface area contributed by atoms with E-state index in [0.29, 0.717) is 42.1 Å². The van der Waals surface area contributed by atoms with Gasteiger partial charge in [-0.2, -0.15) is 8.78 Å². The number of halogens is 2. The van der Waals surface area contributed by atoms with Crippen LogP contribution in [0.4, 0.5) is 19.3 Å². The molecule has 0 bridgehead atoms. The lowest BCUT2D eigenvalue weighted by Crippen LogP contribution is -2.42. The van der Waals surface area contributed by atoms with Crippen LogP contribution in [0.5, 0.6) is 0 Å². The molecule has 1 aliphatic heterocycles. The maximum absolute atomic E-state index is 12.5. The minimum atomic E-state index is -2.52. The minimum absolute atomic E-state index is 0.348. The number of para-hydroxylation sites is 1. The fourth-order valence-corrected chi connectivity index (χ4v) is 2.68. The number of carbonyl (C=O) groups excluding carboxylic acids is 1. The van der Waals surface area contributed by atoms with E-state index in [2.05, 4.69) is 15.5 Å². The van der Waals surface area contributed by atoms with Gasteiger partial charge in [-0.3, -0.25) is 4.90 Å². The molecule has 0 atom stereocenters. The predicted molar refractivity (Wildman–Crippen MR) is 82.6 cm³/mol. The van der Waals surface area contributed by atoms with Crippen molar-refractivity contribution in [3.63, 3.8) is 0 Å². The van der Waals surface area contributed by atoms with Crippen molar-refractivity contribution < 1.29 is 18.3 Å². The Bertz CT molecular complexity index is 485. The van der Waals surface area contributed by atoms with E-state index in [-0.39, 0.29) is 0 Å². The Morgan fingerprint density at radius 1 is 1.32 bits per heavy atom. The lowest BCUT2D eigenvalue weighted by Gasteiger charge is -2.26. The molecule has 1 aliphatic rings. The highest BCUT2D eigenvalue weighted by molar-refractivity contribution is 7.99. The van der Waals surface area contributed by atoms with Crippen LogP contribution in [0.3, 0.4) is 0 Å². The first-order valence-corrected chi connectivity index (χ1v) is 7.92. The van der Waals surface area contributed by atoms with Gasteiger partial charge in [0.25, 0.3) is 5.76 Å². The van der Waals surface area contributed by atoms with E-state index in [9.17, 15) is 13.6 Å². The molecule has 122 valence electrons. The van der Waals surface area contributed by atoms with Crippen molar-refractivity contribution >= 4 is 23.5 Å². The van der Waals surface area contributed by atoms with Gasteiger partial charge in [-0.25, -0.2) is 4.79 Å². The zero-order valence-corrected chi connectivity index (χ0v) is 12.9. The van der Waals surface area contributed by atoms with Gasteiger partial charge in [0.15, 0.2) is 0 Å². The molecule has 2 N–H and O–H groups in total. The van der Waals surface area contributed by atoms with Gasteiger partial charge in [0.05, 0.1) is 18.9 Å². The molecular formula is C14H19F2N3O2S. The quantitative estimate of drug-likeness (QED) is 0.786. The van der Waals surface area contributed by atoms with E-state index in [1.54, 1.807) is 24.3 Å². The number of carbonyl (C=O) groups is 1. The van der Waals surface area contributed by atoms with Crippen LogP contribution < -0.4 is 10.6 Å². The second-order valence-electron chi connectivity index (χ2n) is 4.71. The first kappa shape index (κ1) is 17.0. The third-order valence-electron chi connectivity index (χ3n) is 3.17. The Balaban J connectivity index is 1.76. The molecule has 0 radical (unpaired) electrons. The molecule has 0 aromatic heterocycles. The van der Waals surface area contributed by atoms with E-state index in [1.807, 2.05) is 0 Å². The predicted octanol–water partition coefficient (Wildman–Crippen LogP) is 2.46. The second-order valence-corrected chi connectivity index (χ2v) is 5.74. The van der Waals surface area contributed by atoms with Crippen molar-refractivity contribution in [3.05, 3.63) is 24.3 Å². The first-order valence-electron chi connectivity index (χ1n) is 7.04. The molecule has 1 fully saturated rings.